The molecule has 0 bridgehead atoms. The molecule has 0 aliphatic carbocycles. The highest BCUT2D eigenvalue weighted by molar-refractivity contribution is 7.99. The van der Waals surface area contributed by atoms with Crippen molar-refractivity contribution < 1.29 is 0 Å². The van der Waals surface area contributed by atoms with Gasteiger partial charge >= 0.3 is 0 Å². The number of nitrogens with zero attached hydrogens (tertiary/aromatic N) is 2. The number of aryl methyl sites for hydroxylation is 1. The van der Waals surface area contributed by atoms with E-state index < -0.39 is 0 Å². The summed E-state index contributed by atoms with van der Waals surface area (Å²) in [6.07, 6.45) is 0. The lowest BCUT2D eigenvalue weighted by atomic mass is 10.00. The van der Waals surface area contributed by atoms with Gasteiger partial charge in [0.25, 0.3) is 0 Å². The molecule has 0 unspecified atom stereocenters. The van der Waals surface area contributed by atoms with Crippen LogP contribution in [0.5, 0.6) is 0 Å². The standard InChI is InChI=1S/C49H34N2S/c1-33-14-8-9-19-39(33)44-32-37(26-29-49(44)52-38-17-6-3-7-18-38)51-46-23-13-11-21-41(46)43-31-35(25-28-48(43)51)34-24-27-47-42(30-34)40-20-10-12-22-45(40)50(47)36-15-4-2-5-16-36/h2-32H,1H3. The van der Waals surface area contributed by atoms with Crippen molar-refractivity contribution >= 4 is 55.4 Å². The van der Waals surface area contributed by atoms with Gasteiger partial charge in [0, 0.05) is 42.7 Å². The van der Waals surface area contributed by atoms with Crippen LogP contribution in [0.3, 0.4) is 0 Å². The van der Waals surface area contributed by atoms with Crippen LogP contribution in [0, 0.1) is 6.92 Å². The first kappa shape index (κ1) is 30.5. The molecule has 0 fully saturated rings. The Kier molecular flexibility index (Phi) is 7.33. The summed E-state index contributed by atoms with van der Waals surface area (Å²) in [4.78, 5) is 2.48. The highest BCUT2D eigenvalue weighted by Crippen LogP contribution is 2.42. The Bertz CT molecular complexity index is 2930. The van der Waals surface area contributed by atoms with Crippen LogP contribution < -0.4 is 0 Å². The molecule has 0 saturated heterocycles. The van der Waals surface area contributed by atoms with E-state index in [1.165, 1.54) is 86.9 Å². The van der Waals surface area contributed by atoms with Crippen molar-refractivity contribution in [3.63, 3.8) is 0 Å². The fourth-order valence-corrected chi connectivity index (χ4v) is 8.85. The van der Waals surface area contributed by atoms with Gasteiger partial charge in [-0.15, -0.1) is 0 Å². The van der Waals surface area contributed by atoms with E-state index in [2.05, 4.69) is 204 Å². The van der Waals surface area contributed by atoms with Crippen LogP contribution in [0.4, 0.5) is 0 Å². The molecule has 246 valence electrons. The average molecular weight is 683 g/mol. The van der Waals surface area contributed by atoms with E-state index in [0.717, 1.165) is 5.69 Å². The minimum atomic E-state index is 1.16. The Morgan fingerprint density at radius 3 is 1.52 bits per heavy atom. The van der Waals surface area contributed by atoms with Gasteiger partial charge < -0.3 is 9.13 Å². The van der Waals surface area contributed by atoms with Gasteiger partial charge in [0.05, 0.1) is 22.1 Å². The Balaban J connectivity index is 1.14. The molecular formula is C49H34N2S. The maximum absolute atomic E-state index is 2.43. The molecule has 0 atom stereocenters. The van der Waals surface area contributed by atoms with Gasteiger partial charge in [-0.05, 0) is 114 Å². The maximum Gasteiger partial charge on any atom is 0.0541 e. The van der Waals surface area contributed by atoms with Crippen LogP contribution in [-0.2, 0) is 0 Å². The fourth-order valence-electron chi connectivity index (χ4n) is 7.89. The number of para-hydroxylation sites is 3. The lowest BCUT2D eigenvalue weighted by Gasteiger charge is -2.16. The zero-order valence-corrected chi connectivity index (χ0v) is 29.5. The fraction of sp³-hybridized carbons (Fsp3) is 0.0204. The van der Waals surface area contributed by atoms with E-state index in [-0.39, 0.29) is 0 Å². The Morgan fingerprint density at radius 1 is 0.365 bits per heavy atom. The van der Waals surface area contributed by atoms with Crippen molar-refractivity contribution in [2.24, 2.45) is 0 Å². The topological polar surface area (TPSA) is 9.86 Å². The minimum absolute atomic E-state index is 1.16. The van der Waals surface area contributed by atoms with Gasteiger partial charge in [0.2, 0.25) is 0 Å². The zero-order valence-electron chi connectivity index (χ0n) is 28.7. The van der Waals surface area contributed by atoms with Crippen molar-refractivity contribution in [2.45, 2.75) is 16.7 Å². The molecule has 0 aliphatic heterocycles. The van der Waals surface area contributed by atoms with Gasteiger partial charge in [0.1, 0.15) is 0 Å². The van der Waals surface area contributed by atoms with Crippen LogP contribution >= 0.6 is 11.8 Å². The van der Waals surface area contributed by atoms with Crippen LogP contribution in [0.15, 0.2) is 198 Å². The summed E-state index contributed by atoms with van der Waals surface area (Å²) in [5, 5.41) is 5.03. The van der Waals surface area contributed by atoms with Crippen LogP contribution in [-0.4, -0.2) is 9.13 Å². The summed E-state index contributed by atoms with van der Waals surface area (Å²) >= 11 is 1.82. The third-order valence-electron chi connectivity index (χ3n) is 10.3. The van der Waals surface area contributed by atoms with Crippen molar-refractivity contribution in [1.29, 1.82) is 0 Å². The second-order valence-corrected chi connectivity index (χ2v) is 14.5. The number of hydrogen-bond donors (Lipinski definition) is 0. The van der Waals surface area contributed by atoms with E-state index in [1.54, 1.807) is 0 Å². The van der Waals surface area contributed by atoms with Gasteiger partial charge in [0.15, 0.2) is 0 Å². The van der Waals surface area contributed by atoms with Crippen LogP contribution in [0.2, 0.25) is 0 Å². The zero-order chi connectivity index (χ0) is 34.6. The van der Waals surface area contributed by atoms with Crippen molar-refractivity contribution in [3.8, 4) is 33.6 Å². The molecule has 52 heavy (non-hydrogen) atoms. The molecule has 0 spiro atoms. The molecule has 10 rings (SSSR count). The number of fused-ring (bicyclic) bond motifs is 6. The van der Waals surface area contributed by atoms with Gasteiger partial charge in [-0.2, -0.15) is 0 Å². The van der Waals surface area contributed by atoms with E-state index in [1.807, 2.05) is 11.8 Å². The first-order valence-electron chi connectivity index (χ1n) is 17.8. The summed E-state index contributed by atoms with van der Waals surface area (Å²) in [5.41, 5.74) is 13.4. The summed E-state index contributed by atoms with van der Waals surface area (Å²) in [7, 11) is 0. The van der Waals surface area contributed by atoms with E-state index >= 15 is 0 Å². The molecule has 2 nitrogen and oxygen atoms in total. The van der Waals surface area contributed by atoms with Gasteiger partial charge in [-0.3, -0.25) is 0 Å². The van der Waals surface area contributed by atoms with E-state index in [0.29, 0.717) is 0 Å². The maximum atomic E-state index is 2.43. The number of aromatic nitrogens is 2. The molecule has 3 heteroatoms. The lowest BCUT2D eigenvalue weighted by molar-refractivity contribution is 1.17. The van der Waals surface area contributed by atoms with Crippen molar-refractivity contribution in [1.82, 2.24) is 9.13 Å². The molecule has 0 saturated carbocycles. The second kappa shape index (κ2) is 12.5. The predicted octanol–water partition coefficient (Wildman–Crippen LogP) is 13.7. The molecule has 0 N–H and O–H groups in total. The number of hydrogen-bond acceptors (Lipinski definition) is 1. The monoisotopic (exact) mass is 682 g/mol. The molecule has 10 aromatic rings. The molecule has 0 amide bonds. The second-order valence-electron chi connectivity index (χ2n) is 13.4. The molecular weight excluding hydrogens is 649 g/mol. The highest BCUT2D eigenvalue weighted by Gasteiger charge is 2.18. The molecule has 2 aromatic heterocycles. The van der Waals surface area contributed by atoms with Crippen molar-refractivity contribution in [3.05, 3.63) is 194 Å². The molecule has 0 radical (unpaired) electrons. The van der Waals surface area contributed by atoms with Crippen LogP contribution in [0.25, 0.3) is 77.2 Å². The minimum Gasteiger partial charge on any atom is -0.309 e. The van der Waals surface area contributed by atoms with E-state index in [4.69, 9.17) is 0 Å². The molecule has 0 aliphatic rings. The lowest BCUT2D eigenvalue weighted by Crippen LogP contribution is -1.96. The highest BCUT2D eigenvalue weighted by atomic mass is 32.2. The quantitative estimate of drug-likeness (QED) is 0.170. The van der Waals surface area contributed by atoms with E-state index in [9.17, 15) is 0 Å². The van der Waals surface area contributed by atoms with Gasteiger partial charge in [-0.25, -0.2) is 0 Å². The van der Waals surface area contributed by atoms with Crippen LogP contribution in [0.1, 0.15) is 5.56 Å². The molecule has 8 aromatic carbocycles. The predicted molar refractivity (Wildman–Crippen MR) is 221 cm³/mol. The Hall–Kier alpha value is -6.29. The summed E-state index contributed by atoms with van der Waals surface area (Å²) in [6, 6.07) is 68.5. The smallest absolute Gasteiger partial charge is 0.0541 e. The van der Waals surface area contributed by atoms with Gasteiger partial charge in [-0.1, -0.05) is 121 Å². The SMILES string of the molecule is Cc1ccccc1-c1cc(-n2c3ccccc3c3cc(-c4ccc5c(c4)c4ccccc4n5-c4ccccc4)ccc32)ccc1Sc1ccccc1. The Morgan fingerprint density at radius 2 is 0.885 bits per heavy atom. The number of benzene rings is 8. The average Bonchev–Trinajstić information content (AvgIpc) is 3.71. The normalized spacial score (nSPS) is 11.6. The Labute approximate surface area is 307 Å². The number of rotatable bonds is 6. The summed E-state index contributed by atoms with van der Waals surface area (Å²) in [5.74, 6) is 0. The summed E-state index contributed by atoms with van der Waals surface area (Å²) < 4.78 is 4.81. The van der Waals surface area contributed by atoms with Crippen molar-refractivity contribution in [2.75, 3.05) is 0 Å². The first-order chi connectivity index (χ1) is 25.7. The first-order valence-corrected chi connectivity index (χ1v) is 18.6. The molecule has 2 heterocycles. The third-order valence-corrected chi connectivity index (χ3v) is 11.4. The third kappa shape index (κ3) is 5.05. The largest absolute Gasteiger partial charge is 0.309 e. The summed E-state index contributed by atoms with van der Waals surface area (Å²) in [6.45, 7) is 2.21.